The van der Waals surface area contributed by atoms with Crippen LogP contribution >= 0.6 is 15.9 Å². The van der Waals surface area contributed by atoms with Gasteiger partial charge in [-0.05, 0) is 31.2 Å². The van der Waals surface area contributed by atoms with Gasteiger partial charge in [0.05, 0.1) is 5.52 Å². The van der Waals surface area contributed by atoms with E-state index in [0.29, 0.717) is 23.1 Å². The third-order valence-electron chi connectivity index (χ3n) is 4.13. The molecular formula is C19H18BrN3O4. The summed E-state index contributed by atoms with van der Waals surface area (Å²) in [6.07, 6.45) is -1.31. The average molecular weight is 432 g/mol. The number of methoxy groups -OCH3 is 2. The number of anilines is 2. The fourth-order valence-corrected chi connectivity index (χ4v) is 3.31. The zero-order valence-electron chi connectivity index (χ0n) is 15.0. The molecule has 1 aromatic heterocycles. The molecule has 0 radical (unpaired) electrons. The van der Waals surface area contributed by atoms with Gasteiger partial charge in [-0.3, -0.25) is 0 Å². The Morgan fingerprint density at radius 2 is 1.70 bits per heavy atom. The number of rotatable bonds is 4. The molecule has 1 N–H and O–H groups in total. The standard InChI is InChI=1S/C19H18BrN3O4/c1-10-21-14-9-16-15(26-18(24-2)19(25-3)27-16)8-13(14)17(22-10)23-12-6-4-5-11(20)7-12/h4-9,18-19H,1-3H3,(H,21,22,23). The predicted octanol–water partition coefficient (Wildman–Crippen LogP) is 4.16. The van der Waals surface area contributed by atoms with Crippen molar-refractivity contribution in [3.63, 3.8) is 0 Å². The Hall–Kier alpha value is -2.42. The van der Waals surface area contributed by atoms with Crippen molar-refractivity contribution in [2.45, 2.75) is 19.5 Å². The minimum Gasteiger partial charge on any atom is -0.454 e. The molecule has 0 bridgehead atoms. The lowest BCUT2D eigenvalue weighted by atomic mass is 10.2. The smallest absolute Gasteiger partial charge is 0.263 e. The van der Waals surface area contributed by atoms with E-state index >= 15 is 0 Å². The van der Waals surface area contributed by atoms with Crippen LogP contribution < -0.4 is 14.8 Å². The number of ether oxygens (including phenoxy) is 4. The number of aryl methyl sites for hydroxylation is 1. The molecule has 27 heavy (non-hydrogen) atoms. The number of aromatic nitrogens is 2. The van der Waals surface area contributed by atoms with Crippen molar-refractivity contribution in [2.75, 3.05) is 19.5 Å². The van der Waals surface area contributed by atoms with Gasteiger partial charge in [0.2, 0.25) is 0 Å². The van der Waals surface area contributed by atoms with Gasteiger partial charge >= 0.3 is 0 Å². The van der Waals surface area contributed by atoms with Crippen LogP contribution in [0.15, 0.2) is 40.9 Å². The van der Waals surface area contributed by atoms with Crippen LogP contribution in [0.25, 0.3) is 10.9 Å². The van der Waals surface area contributed by atoms with Crippen molar-refractivity contribution in [1.29, 1.82) is 0 Å². The molecule has 7 nitrogen and oxygen atoms in total. The lowest BCUT2D eigenvalue weighted by molar-refractivity contribution is -0.223. The predicted molar refractivity (Wildman–Crippen MR) is 105 cm³/mol. The summed E-state index contributed by atoms with van der Waals surface area (Å²) < 4.78 is 23.3. The maximum absolute atomic E-state index is 5.88. The van der Waals surface area contributed by atoms with Crippen LogP contribution in [0.5, 0.6) is 11.5 Å². The van der Waals surface area contributed by atoms with E-state index in [2.05, 4.69) is 31.2 Å². The van der Waals surface area contributed by atoms with E-state index in [4.69, 9.17) is 18.9 Å². The largest absolute Gasteiger partial charge is 0.454 e. The molecule has 0 fully saturated rings. The first kappa shape index (κ1) is 18.0. The summed E-state index contributed by atoms with van der Waals surface area (Å²) in [4.78, 5) is 9.08. The molecule has 2 aromatic carbocycles. The van der Waals surface area contributed by atoms with Crippen LogP contribution in [0.4, 0.5) is 11.5 Å². The Kier molecular flexibility index (Phi) is 4.86. The number of halogens is 1. The van der Waals surface area contributed by atoms with E-state index in [1.165, 1.54) is 0 Å². The molecule has 2 unspecified atom stereocenters. The molecule has 1 aliphatic rings. The van der Waals surface area contributed by atoms with Crippen LogP contribution in [0.3, 0.4) is 0 Å². The second-order valence-corrected chi connectivity index (χ2v) is 6.93. The van der Waals surface area contributed by atoms with Crippen molar-refractivity contribution in [3.8, 4) is 11.5 Å². The first-order chi connectivity index (χ1) is 13.1. The topological polar surface area (TPSA) is 74.7 Å². The zero-order chi connectivity index (χ0) is 19.0. The van der Waals surface area contributed by atoms with Crippen molar-refractivity contribution in [3.05, 3.63) is 46.7 Å². The minimum absolute atomic E-state index is 0.549. The number of hydrogen-bond acceptors (Lipinski definition) is 7. The van der Waals surface area contributed by atoms with E-state index in [-0.39, 0.29) is 0 Å². The maximum Gasteiger partial charge on any atom is 0.263 e. The minimum atomic E-state index is -0.659. The summed E-state index contributed by atoms with van der Waals surface area (Å²) in [5.74, 6) is 2.43. The van der Waals surface area contributed by atoms with Gasteiger partial charge in [0.15, 0.2) is 11.5 Å². The number of benzene rings is 2. The second-order valence-electron chi connectivity index (χ2n) is 6.01. The molecule has 8 heteroatoms. The molecule has 4 rings (SSSR count). The summed E-state index contributed by atoms with van der Waals surface area (Å²) >= 11 is 3.48. The van der Waals surface area contributed by atoms with Crippen molar-refractivity contribution >= 4 is 38.3 Å². The highest BCUT2D eigenvalue weighted by molar-refractivity contribution is 9.10. The molecule has 0 saturated carbocycles. The van der Waals surface area contributed by atoms with Crippen LogP contribution in [0.1, 0.15) is 5.82 Å². The van der Waals surface area contributed by atoms with Gasteiger partial charge in [0.1, 0.15) is 11.6 Å². The van der Waals surface area contributed by atoms with Gasteiger partial charge in [0, 0.05) is 35.8 Å². The van der Waals surface area contributed by atoms with Gasteiger partial charge < -0.3 is 24.3 Å². The van der Waals surface area contributed by atoms with Crippen LogP contribution in [0.2, 0.25) is 0 Å². The average Bonchev–Trinajstić information content (AvgIpc) is 2.65. The van der Waals surface area contributed by atoms with Crippen LogP contribution in [0, 0.1) is 6.92 Å². The molecule has 2 heterocycles. The van der Waals surface area contributed by atoms with Crippen molar-refractivity contribution < 1.29 is 18.9 Å². The maximum atomic E-state index is 5.88. The summed E-state index contributed by atoms with van der Waals surface area (Å²) in [5.41, 5.74) is 1.65. The molecule has 0 aliphatic carbocycles. The highest BCUT2D eigenvalue weighted by atomic mass is 79.9. The summed E-state index contributed by atoms with van der Waals surface area (Å²) in [7, 11) is 3.08. The Bertz CT molecular complexity index is 998. The zero-order valence-corrected chi connectivity index (χ0v) is 16.6. The van der Waals surface area contributed by atoms with Gasteiger partial charge in [-0.15, -0.1) is 0 Å². The Labute approximate surface area is 164 Å². The van der Waals surface area contributed by atoms with Crippen LogP contribution in [-0.2, 0) is 9.47 Å². The van der Waals surface area contributed by atoms with E-state index < -0.39 is 12.6 Å². The molecule has 1 aliphatic heterocycles. The van der Waals surface area contributed by atoms with E-state index in [0.717, 1.165) is 21.1 Å². The van der Waals surface area contributed by atoms with Gasteiger partial charge in [0.25, 0.3) is 12.6 Å². The lowest BCUT2D eigenvalue weighted by Crippen LogP contribution is -2.42. The van der Waals surface area contributed by atoms with Gasteiger partial charge in [-0.1, -0.05) is 22.0 Å². The number of nitrogens with one attached hydrogen (secondary N) is 1. The number of nitrogens with zero attached hydrogens (tertiary/aromatic N) is 2. The third kappa shape index (κ3) is 3.55. The second kappa shape index (κ2) is 7.30. The summed E-state index contributed by atoms with van der Waals surface area (Å²) in [5, 5.41) is 4.16. The van der Waals surface area contributed by atoms with Crippen molar-refractivity contribution in [1.82, 2.24) is 9.97 Å². The van der Waals surface area contributed by atoms with Crippen LogP contribution in [-0.4, -0.2) is 36.8 Å². The molecule has 0 saturated heterocycles. The van der Waals surface area contributed by atoms with Gasteiger partial charge in [-0.2, -0.15) is 0 Å². The highest BCUT2D eigenvalue weighted by Crippen LogP contribution is 2.39. The number of fused-ring (bicyclic) bond motifs is 2. The number of hydrogen-bond donors (Lipinski definition) is 1. The highest BCUT2D eigenvalue weighted by Gasteiger charge is 2.32. The molecule has 3 aromatic rings. The Morgan fingerprint density at radius 3 is 2.37 bits per heavy atom. The summed E-state index contributed by atoms with van der Waals surface area (Å²) in [6.45, 7) is 1.85. The van der Waals surface area contributed by atoms with Crippen molar-refractivity contribution in [2.24, 2.45) is 0 Å². The molecule has 140 valence electrons. The Morgan fingerprint density at radius 1 is 1.00 bits per heavy atom. The Balaban J connectivity index is 1.79. The molecular weight excluding hydrogens is 414 g/mol. The van der Waals surface area contributed by atoms with E-state index in [1.807, 2.05) is 43.3 Å². The van der Waals surface area contributed by atoms with E-state index in [1.54, 1.807) is 14.2 Å². The van der Waals surface area contributed by atoms with E-state index in [9.17, 15) is 0 Å². The lowest BCUT2D eigenvalue weighted by Gasteiger charge is -2.31. The fourth-order valence-electron chi connectivity index (χ4n) is 2.92. The quantitative estimate of drug-likeness (QED) is 0.664. The molecule has 2 atom stereocenters. The third-order valence-corrected chi connectivity index (χ3v) is 4.63. The fraction of sp³-hybridized carbons (Fsp3) is 0.263. The first-order valence-corrected chi connectivity index (χ1v) is 9.10. The monoisotopic (exact) mass is 431 g/mol. The molecule has 0 amide bonds. The van der Waals surface area contributed by atoms with Gasteiger partial charge in [-0.25, -0.2) is 9.97 Å². The normalized spacial score (nSPS) is 18.5. The SMILES string of the molecule is COC1Oc2cc3nc(C)nc(Nc4cccc(Br)c4)c3cc2OC1OC. The molecule has 0 spiro atoms. The summed E-state index contributed by atoms with van der Waals surface area (Å²) in [6, 6.07) is 11.5. The first-order valence-electron chi connectivity index (χ1n) is 8.31.